The monoisotopic (exact) mass is 729 g/mol. The maximum Gasteiger partial charge on any atom is 0.249 e. The number of ether oxygens (including phenoxy) is 1. The summed E-state index contributed by atoms with van der Waals surface area (Å²) in [6.07, 6.45) is 2.27. The molecule has 2 rings (SSSR count). The van der Waals surface area contributed by atoms with Gasteiger partial charge in [-0.3, -0.25) is 53.0 Å². The summed E-state index contributed by atoms with van der Waals surface area (Å²) in [4.78, 5) is 113. The third-order valence-electron chi connectivity index (χ3n) is 7.63. The Hall–Kier alpha value is -3.71. The van der Waals surface area contributed by atoms with E-state index < -0.39 is 52.2 Å². The molecular weight excluding hydrogens is 683 g/mol. The van der Waals surface area contributed by atoms with E-state index in [2.05, 4.69) is 26.6 Å². The Morgan fingerprint density at radius 3 is 1.45 bits per heavy atom. The van der Waals surface area contributed by atoms with E-state index in [-0.39, 0.29) is 108 Å². The first-order chi connectivity index (χ1) is 23.3. The first kappa shape index (κ1) is 41.5. The molecule has 274 valence electrons. The smallest absolute Gasteiger partial charge is 0.249 e. The molecule has 17 nitrogen and oxygen atoms in total. The van der Waals surface area contributed by atoms with E-state index in [0.29, 0.717) is 0 Å². The van der Waals surface area contributed by atoms with E-state index in [1.54, 1.807) is 19.4 Å². The van der Waals surface area contributed by atoms with Gasteiger partial charge >= 0.3 is 0 Å². The van der Waals surface area contributed by atoms with Crippen molar-refractivity contribution in [2.24, 2.45) is 0 Å². The lowest BCUT2D eigenvalue weighted by atomic mass is 10.1. The number of thioether (sulfide) groups is 2. The van der Waals surface area contributed by atoms with Gasteiger partial charge in [-0.2, -0.15) is 23.5 Å². The van der Waals surface area contributed by atoms with Crippen LogP contribution in [0, 0.1) is 0 Å². The van der Waals surface area contributed by atoms with Gasteiger partial charge in [0, 0.05) is 90.4 Å². The lowest BCUT2D eigenvalue weighted by Gasteiger charge is -2.21. The molecule has 0 aromatic rings. The number of hydrogen-bond donors (Lipinski definition) is 5. The van der Waals surface area contributed by atoms with Gasteiger partial charge in [0.05, 0.1) is 10.5 Å². The molecule has 0 saturated carbocycles. The molecule has 2 aliphatic heterocycles. The highest BCUT2D eigenvalue weighted by Crippen LogP contribution is 2.24. The summed E-state index contributed by atoms with van der Waals surface area (Å²) in [5, 5.41) is 12.3. The first-order valence-electron chi connectivity index (χ1n) is 16.0. The van der Waals surface area contributed by atoms with Crippen molar-refractivity contribution in [3.8, 4) is 0 Å². The maximum atomic E-state index is 12.6. The average Bonchev–Trinajstić information content (AvgIpc) is 3.50. The Morgan fingerprint density at radius 1 is 0.714 bits per heavy atom. The van der Waals surface area contributed by atoms with Crippen LogP contribution in [-0.2, 0) is 47.9 Å². The third kappa shape index (κ3) is 14.0. The predicted octanol–water partition coefficient (Wildman–Crippen LogP) is -2.10. The molecule has 0 aromatic carbocycles. The molecule has 2 aliphatic rings. The summed E-state index contributed by atoms with van der Waals surface area (Å²) in [5.74, 6) is -3.51. The number of likely N-dealkylation sites (tertiary alicyclic amines) is 2. The van der Waals surface area contributed by atoms with Gasteiger partial charge in [0.1, 0.15) is 6.10 Å². The summed E-state index contributed by atoms with van der Waals surface area (Å²) in [6, 6.07) is -0.888. The quantitative estimate of drug-likeness (QED) is 0.0597. The maximum absolute atomic E-state index is 12.6. The van der Waals surface area contributed by atoms with Gasteiger partial charge in [-0.05, 0) is 26.4 Å². The van der Waals surface area contributed by atoms with Crippen LogP contribution in [0.15, 0.2) is 0 Å². The fourth-order valence-corrected chi connectivity index (χ4v) is 6.24. The standard InChI is InChI=1S/C30H47N7O10S2/c1-5-47-18(2)28(44)35-19(14-24(40)33-10-8-31-22(38)6-12-36-26(42)16-20(48-3)29(36)45)15-25(41)34-11-9-32-23(39)7-13-37-27(43)17-21(49-4)30(37)46/h18-21H,5-17H2,1-4H3,(H,31,38)(H,32,39)(H,33,40)(H,34,41)(H,35,44). The van der Waals surface area contributed by atoms with E-state index in [1.165, 1.54) is 30.4 Å². The molecule has 0 bridgehead atoms. The molecule has 0 radical (unpaired) electrons. The van der Waals surface area contributed by atoms with Crippen molar-refractivity contribution in [1.29, 1.82) is 0 Å². The van der Waals surface area contributed by atoms with Gasteiger partial charge < -0.3 is 31.3 Å². The van der Waals surface area contributed by atoms with Crippen molar-refractivity contribution in [3.63, 3.8) is 0 Å². The van der Waals surface area contributed by atoms with Gasteiger partial charge in [0.15, 0.2) is 0 Å². The molecule has 2 fully saturated rings. The van der Waals surface area contributed by atoms with Crippen molar-refractivity contribution in [3.05, 3.63) is 0 Å². The molecule has 2 saturated heterocycles. The lowest BCUT2D eigenvalue weighted by molar-refractivity contribution is -0.140. The van der Waals surface area contributed by atoms with Crippen molar-refractivity contribution in [2.75, 3.05) is 58.4 Å². The van der Waals surface area contributed by atoms with Crippen LogP contribution in [0.2, 0.25) is 0 Å². The number of carbonyl (C=O) groups is 9. The summed E-state index contributed by atoms with van der Waals surface area (Å²) in [5.41, 5.74) is 0. The second-order valence-electron chi connectivity index (χ2n) is 11.2. The number of imide groups is 2. The van der Waals surface area contributed by atoms with Crippen LogP contribution >= 0.6 is 23.5 Å². The molecule has 0 spiro atoms. The van der Waals surface area contributed by atoms with Gasteiger partial charge in [0.25, 0.3) is 0 Å². The molecule has 0 aromatic heterocycles. The summed E-state index contributed by atoms with van der Waals surface area (Å²) < 4.78 is 5.29. The molecule has 5 N–H and O–H groups in total. The lowest BCUT2D eigenvalue weighted by Crippen LogP contribution is -2.47. The summed E-state index contributed by atoms with van der Waals surface area (Å²) in [6.45, 7) is 3.76. The van der Waals surface area contributed by atoms with Gasteiger partial charge in [-0.1, -0.05) is 0 Å². The number of carbonyl (C=O) groups excluding carboxylic acids is 9. The normalized spacial score (nSPS) is 18.7. The average molecular weight is 730 g/mol. The summed E-state index contributed by atoms with van der Waals surface area (Å²) >= 11 is 2.58. The fraction of sp³-hybridized carbons (Fsp3) is 0.700. The van der Waals surface area contributed by atoms with Gasteiger partial charge in [-0.25, -0.2) is 0 Å². The second kappa shape index (κ2) is 21.4. The van der Waals surface area contributed by atoms with Gasteiger partial charge in [0.2, 0.25) is 53.2 Å². The minimum atomic E-state index is -0.888. The van der Waals surface area contributed by atoms with Crippen molar-refractivity contribution in [2.45, 2.75) is 75.0 Å². The molecular formula is C30H47N7O10S2. The topological polar surface area (TPSA) is 229 Å². The minimum Gasteiger partial charge on any atom is -0.369 e. The van der Waals surface area contributed by atoms with Crippen LogP contribution in [0.5, 0.6) is 0 Å². The van der Waals surface area contributed by atoms with Crippen LogP contribution in [0.25, 0.3) is 0 Å². The largest absolute Gasteiger partial charge is 0.369 e. The highest BCUT2D eigenvalue weighted by Gasteiger charge is 2.38. The second-order valence-corrected chi connectivity index (χ2v) is 13.3. The number of nitrogens with zero attached hydrogens (tertiary/aromatic N) is 2. The van der Waals surface area contributed by atoms with E-state index in [9.17, 15) is 43.2 Å². The Balaban J connectivity index is 1.73. The van der Waals surface area contributed by atoms with Crippen molar-refractivity contribution in [1.82, 2.24) is 36.4 Å². The van der Waals surface area contributed by atoms with E-state index in [4.69, 9.17) is 4.74 Å². The zero-order valence-electron chi connectivity index (χ0n) is 28.3. The van der Waals surface area contributed by atoms with Crippen LogP contribution in [0.3, 0.4) is 0 Å². The van der Waals surface area contributed by atoms with Crippen molar-refractivity contribution >= 4 is 76.7 Å². The molecule has 3 atom stereocenters. The van der Waals surface area contributed by atoms with Crippen LogP contribution in [-0.4, -0.2) is 144 Å². The highest BCUT2D eigenvalue weighted by molar-refractivity contribution is 8.00. The number of rotatable bonds is 22. The molecule has 3 unspecified atom stereocenters. The van der Waals surface area contributed by atoms with Crippen LogP contribution in [0.4, 0.5) is 0 Å². The number of nitrogens with one attached hydrogen (secondary N) is 5. The van der Waals surface area contributed by atoms with E-state index >= 15 is 0 Å². The SMILES string of the molecule is CCOC(C)C(=O)NC(CC(=O)NCCNC(=O)CCN1C(=O)CC(SC)C1=O)CC(=O)NCCNC(=O)CCN1C(=O)CC(SC)C1=O. The summed E-state index contributed by atoms with van der Waals surface area (Å²) in [7, 11) is 0. The molecule has 0 aliphatic carbocycles. The Labute approximate surface area is 293 Å². The Morgan fingerprint density at radius 2 is 1.10 bits per heavy atom. The minimum absolute atomic E-state index is 0.0230. The van der Waals surface area contributed by atoms with Crippen molar-refractivity contribution < 1.29 is 47.9 Å². The fourth-order valence-electron chi connectivity index (χ4n) is 4.97. The Kier molecular flexibility index (Phi) is 18.1. The van der Waals surface area contributed by atoms with Crippen LogP contribution < -0.4 is 26.6 Å². The van der Waals surface area contributed by atoms with Crippen LogP contribution in [0.1, 0.15) is 52.4 Å². The first-order valence-corrected chi connectivity index (χ1v) is 18.6. The van der Waals surface area contributed by atoms with E-state index in [0.717, 1.165) is 9.80 Å². The number of amides is 9. The van der Waals surface area contributed by atoms with Gasteiger partial charge in [-0.15, -0.1) is 0 Å². The zero-order valence-corrected chi connectivity index (χ0v) is 29.9. The Bertz CT molecular complexity index is 1170. The molecule has 19 heteroatoms. The van der Waals surface area contributed by atoms with E-state index in [1.807, 2.05) is 0 Å². The number of hydrogen-bond acceptors (Lipinski definition) is 12. The molecule has 2 heterocycles. The highest BCUT2D eigenvalue weighted by atomic mass is 32.2. The third-order valence-corrected chi connectivity index (χ3v) is 9.51. The zero-order chi connectivity index (χ0) is 36.5. The molecule has 49 heavy (non-hydrogen) atoms. The predicted molar refractivity (Wildman–Crippen MR) is 181 cm³/mol. The molecule has 9 amide bonds.